The van der Waals surface area contributed by atoms with Crippen molar-refractivity contribution in [1.82, 2.24) is 5.32 Å². The van der Waals surface area contributed by atoms with Crippen LogP contribution in [-0.2, 0) is 13.2 Å². The maximum atomic E-state index is 6.11. The third-order valence-corrected chi connectivity index (χ3v) is 3.62. The van der Waals surface area contributed by atoms with Crippen LogP contribution in [0.15, 0.2) is 39.4 Å². The molecule has 0 aliphatic rings. The van der Waals surface area contributed by atoms with Gasteiger partial charge in [0.05, 0.1) is 11.3 Å². The van der Waals surface area contributed by atoms with Gasteiger partial charge in [0.2, 0.25) is 0 Å². The van der Waals surface area contributed by atoms with E-state index in [0.29, 0.717) is 17.4 Å². The van der Waals surface area contributed by atoms with Crippen molar-refractivity contribution in [3.63, 3.8) is 0 Å². The molecule has 2 aromatic rings. The second kappa shape index (κ2) is 7.72. The lowest BCUT2D eigenvalue weighted by molar-refractivity contribution is 0.268. The predicted octanol–water partition coefficient (Wildman–Crippen LogP) is 4.77. The molecule has 0 spiro atoms. The van der Waals surface area contributed by atoms with Gasteiger partial charge in [-0.25, -0.2) is 0 Å². The van der Waals surface area contributed by atoms with E-state index in [9.17, 15) is 0 Å². The van der Waals surface area contributed by atoms with Crippen LogP contribution in [0, 0.1) is 0 Å². The topological polar surface area (TPSA) is 34.4 Å². The zero-order chi connectivity index (χ0) is 14.4. The lowest BCUT2D eigenvalue weighted by Gasteiger charge is -2.08. The van der Waals surface area contributed by atoms with Crippen molar-refractivity contribution in [3.05, 3.63) is 51.3 Å². The molecular formula is C15H17BrClNO2. The van der Waals surface area contributed by atoms with Gasteiger partial charge in [0.15, 0.2) is 0 Å². The van der Waals surface area contributed by atoms with Gasteiger partial charge in [0, 0.05) is 16.6 Å². The Labute approximate surface area is 132 Å². The number of rotatable bonds is 7. The molecule has 108 valence electrons. The van der Waals surface area contributed by atoms with Crippen molar-refractivity contribution in [2.45, 2.75) is 26.5 Å². The summed E-state index contributed by atoms with van der Waals surface area (Å²) in [7, 11) is 0. The van der Waals surface area contributed by atoms with E-state index < -0.39 is 0 Å². The van der Waals surface area contributed by atoms with E-state index in [1.54, 1.807) is 6.26 Å². The molecule has 1 aromatic carbocycles. The van der Waals surface area contributed by atoms with E-state index in [-0.39, 0.29) is 0 Å². The van der Waals surface area contributed by atoms with E-state index >= 15 is 0 Å². The molecule has 0 unspecified atom stereocenters. The Balaban J connectivity index is 1.95. The molecule has 1 N–H and O–H groups in total. The van der Waals surface area contributed by atoms with E-state index in [1.165, 1.54) is 0 Å². The van der Waals surface area contributed by atoms with E-state index in [4.69, 9.17) is 20.8 Å². The molecule has 5 heteroatoms. The number of ether oxygens (including phenoxy) is 1. The maximum Gasteiger partial charge on any atom is 0.146 e. The Morgan fingerprint density at radius 3 is 2.95 bits per heavy atom. The van der Waals surface area contributed by atoms with E-state index in [2.05, 4.69) is 28.2 Å². The average Bonchev–Trinajstić information content (AvgIpc) is 2.86. The van der Waals surface area contributed by atoms with Gasteiger partial charge in [-0.15, -0.1) is 0 Å². The van der Waals surface area contributed by atoms with Gasteiger partial charge in [-0.05, 0) is 37.2 Å². The van der Waals surface area contributed by atoms with Gasteiger partial charge in [-0.3, -0.25) is 0 Å². The minimum atomic E-state index is 0.373. The SMILES string of the molecule is CCCNCc1ccoc1COc1ccc(Br)cc1Cl. The maximum absolute atomic E-state index is 6.11. The summed E-state index contributed by atoms with van der Waals surface area (Å²) >= 11 is 9.48. The monoisotopic (exact) mass is 357 g/mol. The van der Waals surface area contributed by atoms with Crippen LogP contribution in [-0.4, -0.2) is 6.54 Å². The zero-order valence-electron chi connectivity index (χ0n) is 11.3. The second-order valence-electron chi connectivity index (χ2n) is 4.41. The molecule has 0 radical (unpaired) electrons. The van der Waals surface area contributed by atoms with Crippen LogP contribution in [0.4, 0.5) is 0 Å². The quantitative estimate of drug-likeness (QED) is 0.724. The summed E-state index contributed by atoms with van der Waals surface area (Å²) in [6.45, 7) is 4.29. The first-order chi connectivity index (χ1) is 9.70. The first-order valence-electron chi connectivity index (χ1n) is 6.54. The second-order valence-corrected chi connectivity index (χ2v) is 5.73. The molecule has 2 rings (SSSR count). The molecule has 0 saturated heterocycles. The number of furan rings is 1. The first kappa shape index (κ1) is 15.4. The van der Waals surface area contributed by atoms with Crippen LogP contribution in [0.3, 0.4) is 0 Å². The predicted molar refractivity (Wildman–Crippen MR) is 84.2 cm³/mol. The van der Waals surface area contributed by atoms with Crippen molar-refractivity contribution in [2.75, 3.05) is 6.54 Å². The van der Waals surface area contributed by atoms with Crippen LogP contribution in [0.25, 0.3) is 0 Å². The molecule has 0 amide bonds. The lowest BCUT2D eigenvalue weighted by Crippen LogP contribution is -2.14. The highest BCUT2D eigenvalue weighted by Crippen LogP contribution is 2.28. The molecule has 0 bridgehead atoms. The molecule has 0 saturated carbocycles. The van der Waals surface area contributed by atoms with Gasteiger partial charge >= 0.3 is 0 Å². The Hall–Kier alpha value is -0.970. The highest BCUT2D eigenvalue weighted by molar-refractivity contribution is 9.10. The summed E-state index contributed by atoms with van der Waals surface area (Å²) in [6.07, 6.45) is 2.79. The fourth-order valence-electron chi connectivity index (χ4n) is 1.79. The third kappa shape index (κ3) is 4.27. The molecule has 0 aliphatic carbocycles. The average molecular weight is 359 g/mol. The summed E-state index contributed by atoms with van der Waals surface area (Å²) in [5.41, 5.74) is 1.12. The summed E-state index contributed by atoms with van der Waals surface area (Å²) < 4.78 is 12.1. The lowest BCUT2D eigenvalue weighted by atomic mass is 10.2. The summed E-state index contributed by atoms with van der Waals surface area (Å²) in [5.74, 6) is 1.48. The van der Waals surface area contributed by atoms with Crippen LogP contribution >= 0.6 is 27.5 Å². The number of hydrogen-bond acceptors (Lipinski definition) is 3. The van der Waals surface area contributed by atoms with Crippen molar-refractivity contribution >= 4 is 27.5 Å². The highest BCUT2D eigenvalue weighted by atomic mass is 79.9. The van der Waals surface area contributed by atoms with Gasteiger partial charge < -0.3 is 14.5 Å². The third-order valence-electron chi connectivity index (χ3n) is 2.83. The smallest absolute Gasteiger partial charge is 0.146 e. The van der Waals surface area contributed by atoms with Gasteiger partial charge in [0.1, 0.15) is 18.1 Å². The minimum absolute atomic E-state index is 0.373. The highest BCUT2D eigenvalue weighted by Gasteiger charge is 2.08. The Morgan fingerprint density at radius 1 is 1.35 bits per heavy atom. The van der Waals surface area contributed by atoms with Crippen LogP contribution in [0.2, 0.25) is 5.02 Å². The molecule has 0 fully saturated rings. The Morgan fingerprint density at radius 2 is 2.20 bits per heavy atom. The first-order valence-corrected chi connectivity index (χ1v) is 7.71. The van der Waals surface area contributed by atoms with E-state index in [0.717, 1.165) is 35.3 Å². The summed E-state index contributed by atoms with van der Waals surface area (Å²) in [6, 6.07) is 7.50. The standard InChI is InChI=1S/C15H17BrClNO2/c1-2-6-18-9-11-5-7-19-15(11)10-20-14-4-3-12(16)8-13(14)17/h3-5,7-8,18H,2,6,9-10H2,1H3. The fraction of sp³-hybridized carbons (Fsp3) is 0.333. The molecule has 1 heterocycles. The van der Waals surface area contributed by atoms with Crippen LogP contribution in [0.1, 0.15) is 24.7 Å². The molecular weight excluding hydrogens is 342 g/mol. The Kier molecular flexibility index (Phi) is 5.95. The van der Waals surface area contributed by atoms with Crippen LogP contribution < -0.4 is 10.1 Å². The molecule has 0 aliphatic heterocycles. The van der Waals surface area contributed by atoms with Gasteiger partial charge in [-0.1, -0.05) is 34.5 Å². The largest absolute Gasteiger partial charge is 0.484 e. The zero-order valence-corrected chi connectivity index (χ0v) is 13.6. The molecule has 20 heavy (non-hydrogen) atoms. The molecule has 0 atom stereocenters. The fourth-order valence-corrected chi connectivity index (χ4v) is 2.51. The van der Waals surface area contributed by atoms with Gasteiger partial charge in [-0.2, -0.15) is 0 Å². The van der Waals surface area contributed by atoms with Gasteiger partial charge in [0.25, 0.3) is 0 Å². The minimum Gasteiger partial charge on any atom is -0.484 e. The molecule has 3 nitrogen and oxygen atoms in total. The number of hydrogen-bond donors (Lipinski definition) is 1. The normalized spacial score (nSPS) is 10.8. The summed E-state index contributed by atoms with van der Waals surface area (Å²) in [4.78, 5) is 0. The number of halogens is 2. The van der Waals surface area contributed by atoms with Crippen molar-refractivity contribution in [3.8, 4) is 5.75 Å². The van der Waals surface area contributed by atoms with Crippen LogP contribution in [0.5, 0.6) is 5.75 Å². The Bertz CT molecular complexity index is 557. The number of nitrogens with one attached hydrogen (secondary N) is 1. The van der Waals surface area contributed by atoms with Crippen molar-refractivity contribution in [2.24, 2.45) is 0 Å². The van der Waals surface area contributed by atoms with Crippen molar-refractivity contribution < 1.29 is 9.15 Å². The van der Waals surface area contributed by atoms with E-state index in [1.807, 2.05) is 24.3 Å². The number of benzene rings is 1. The summed E-state index contributed by atoms with van der Waals surface area (Å²) in [5, 5.41) is 3.93. The molecule has 1 aromatic heterocycles. The van der Waals surface area contributed by atoms with Crippen molar-refractivity contribution in [1.29, 1.82) is 0 Å².